The van der Waals surface area contributed by atoms with Crippen LogP contribution in [0.1, 0.15) is 25.0 Å². The number of methoxy groups -OCH3 is 2. The van der Waals surface area contributed by atoms with E-state index in [4.69, 9.17) is 9.47 Å². The summed E-state index contributed by atoms with van der Waals surface area (Å²) in [4.78, 5) is 14.2. The van der Waals surface area contributed by atoms with E-state index in [1.54, 1.807) is 14.2 Å². The fraction of sp³-hybridized carbons (Fsp3) is 0.611. The van der Waals surface area contributed by atoms with Crippen LogP contribution in [0.15, 0.2) is 12.1 Å². The molecular formula is C18H28N2O3. The Labute approximate surface area is 139 Å². The molecular weight excluding hydrogens is 292 g/mol. The van der Waals surface area contributed by atoms with Crippen LogP contribution in [0.5, 0.6) is 11.5 Å². The average molecular weight is 320 g/mol. The molecule has 5 nitrogen and oxygen atoms in total. The summed E-state index contributed by atoms with van der Waals surface area (Å²) < 4.78 is 10.8. The fourth-order valence-corrected chi connectivity index (χ4v) is 2.83. The van der Waals surface area contributed by atoms with Crippen molar-refractivity contribution in [3.8, 4) is 11.5 Å². The van der Waals surface area contributed by atoms with Crippen molar-refractivity contribution in [2.45, 2.75) is 26.7 Å². The number of fused-ring (bicyclic) bond motifs is 1. The fourth-order valence-electron chi connectivity index (χ4n) is 2.83. The van der Waals surface area contributed by atoms with Crippen LogP contribution in [-0.4, -0.2) is 51.2 Å². The van der Waals surface area contributed by atoms with Crippen molar-refractivity contribution in [1.29, 1.82) is 0 Å². The van der Waals surface area contributed by atoms with Crippen molar-refractivity contribution >= 4 is 5.91 Å². The lowest BCUT2D eigenvalue weighted by atomic mass is 10.0. The summed E-state index contributed by atoms with van der Waals surface area (Å²) >= 11 is 0. The minimum atomic E-state index is 0.111. The van der Waals surface area contributed by atoms with Crippen LogP contribution in [0.4, 0.5) is 0 Å². The van der Waals surface area contributed by atoms with Gasteiger partial charge in [0.1, 0.15) is 0 Å². The normalized spacial score (nSPS) is 15.0. The van der Waals surface area contributed by atoms with Gasteiger partial charge in [-0.05, 0) is 42.0 Å². The molecule has 0 aliphatic carbocycles. The molecule has 0 fully saturated rings. The van der Waals surface area contributed by atoms with Gasteiger partial charge in [-0.1, -0.05) is 13.8 Å². The highest BCUT2D eigenvalue weighted by atomic mass is 16.5. The average Bonchev–Trinajstić information content (AvgIpc) is 2.73. The number of carbonyl (C=O) groups is 1. The molecule has 1 N–H and O–H groups in total. The standard InChI is InChI=1S/C18H28N2O3/c1-13(2)11-19-18(21)12-20-7-5-14-9-16(22-3)17(23-4)10-15(14)6-8-20/h9-10,13H,5-8,11-12H2,1-4H3,(H,19,21). The second-order valence-corrected chi connectivity index (χ2v) is 6.45. The third kappa shape index (κ3) is 4.86. The van der Waals surface area contributed by atoms with E-state index in [0.717, 1.165) is 44.0 Å². The van der Waals surface area contributed by atoms with Crippen LogP contribution in [0.25, 0.3) is 0 Å². The van der Waals surface area contributed by atoms with E-state index < -0.39 is 0 Å². The van der Waals surface area contributed by atoms with Gasteiger partial charge >= 0.3 is 0 Å². The van der Waals surface area contributed by atoms with Gasteiger partial charge in [0.05, 0.1) is 20.8 Å². The first-order valence-electron chi connectivity index (χ1n) is 8.26. The summed E-state index contributed by atoms with van der Waals surface area (Å²) in [7, 11) is 3.32. The number of benzene rings is 1. The molecule has 0 saturated carbocycles. The van der Waals surface area contributed by atoms with E-state index in [0.29, 0.717) is 12.5 Å². The van der Waals surface area contributed by atoms with Crippen molar-refractivity contribution in [1.82, 2.24) is 10.2 Å². The Morgan fingerprint density at radius 2 is 1.65 bits per heavy atom. The SMILES string of the molecule is COc1cc2c(cc1OC)CCN(CC(=O)NCC(C)C)CC2. The van der Waals surface area contributed by atoms with Crippen LogP contribution in [0.2, 0.25) is 0 Å². The minimum Gasteiger partial charge on any atom is -0.493 e. The van der Waals surface area contributed by atoms with Gasteiger partial charge in [0.2, 0.25) is 5.91 Å². The lowest BCUT2D eigenvalue weighted by Crippen LogP contribution is -2.39. The molecule has 1 aromatic carbocycles. The molecule has 0 bridgehead atoms. The molecule has 5 heteroatoms. The van der Waals surface area contributed by atoms with E-state index in [-0.39, 0.29) is 5.91 Å². The van der Waals surface area contributed by atoms with Gasteiger partial charge in [-0.25, -0.2) is 0 Å². The Bertz CT molecular complexity index is 508. The highest BCUT2D eigenvalue weighted by Crippen LogP contribution is 2.32. The van der Waals surface area contributed by atoms with Crippen LogP contribution in [0, 0.1) is 5.92 Å². The summed E-state index contributed by atoms with van der Waals surface area (Å²) in [6.07, 6.45) is 1.85. The zero-order valence-electron chi connectivity index (χ0n) is 14.6. The Hall–Kier alpha value is -1.75. The van der Waals surface area contributed by atoms with Gasteiger partial charge in [-0.15, -0.1) is 0 Å². The monoisotopic (exact) mass is 320 g/mol. The largest absolute Gasteiger partial charge is 0.493 e. The van der Waals surface area contributed by atoms with E-state index in [2.05, 4.69) is 36.2 Å². The molecule has 128 valence electrons. The number of amides is 1. The second kappa shape index (κ2) is 8.20. The van der Waals surface area contributed by atoms with Crippen molar-refractivity contribution in [2.24, 2.45) is 5.92 Å². The summed E-state index contributed by atoms with van der Waals surface area (Å²) in [6.45, 7) is 7.18. The zero-order chi connectivity index (χ0) is 16.8. The first-order chi connectivity index (χ1) is 11.0. The minimum absolute atomic E-state index is 0.111. The smallest absolute Gasteiger partial charge is 0.234 e. The number of rotatable bonds is 6. The first kappa shape index (κ1) is 17.6. The van der Waals surface area contributed by atoms with E-state index >= 15 is 0 Å². The van der Waals surface area contributed by atoms with E-state index in [1.807, 2.05) is 0 Å². The van der Waals surface area contributed by atoms with Gasteiger partial charge in [0.25, 0.3) is 0 Å². The molecule has 1 aromatic rings. The summed E-state index contributed by atoms with van der Waals surface area (Å²) in [5.74, 6) is 2.14. The number of hydrogen-bond donors (Lipinski definition) is 1. The second-order valence-electron chi connectivity index (χ2n) is 6.45. The molecule has 1 heterocycles. The Balaban J connectivity index is 1.98. The van der Waals surface area contributed by atoms with Crippen LogP contribution < -0.4 is 14.8 Å². The zero-order valence-corrected chi connectivity index (χ0v) is 14.6. The lowest BCUT2D eigenvalue weighted by Gasteiger charge is -2.19. The quantitative estimate of drug-likeness (QED) is 0.869. The van der Waals surface area contributed by atoms with Gasteiger partial charge < -0.3 is 14.8 Å². The van der Waals surface area contributed by atoms with Crippen molar-refractivity contribution in [2.75, 3.05) is 40.4 Å². The molecule has 1 amide bonds. The molecule has 0 spiro atoms. The maximum atomic E-state index is 12.0. The molecule has 2 rings (SSSR count). The summed E-state index contributed by atoms with van der Waals surface area (Å²) in [5, 5.41) is 2.99. The highest BCUT2D eigenvalue weighted by molar-refractivity contribution is 5.78. The predicted molar refractivity (Wildman–Crippen MR) is 91.2 cm³/mol. The number of nitrogens with one attached hydrogen (secondary N) is 1. The Kier molecular flexibility index (Phi) is 6.28. The third-order valence-corrected chi connectivity index (χ3v) is 4.18. The first-order valence-corrected chi connectivity index (χ1v) is 8.26. The van der Waals surface area contributed by atoms with Gasteiger partial charge in [0.15, 0.2) is 11.5 Å². The number of nitrogens with zero attached hydrogens (tertiary/aromatic N) is 1. The maximum Gasteiger partial charge on any atom is 0.234 e. The number of carbonyl (C=O) groups excluding carboxylic acids is 1. The van der Waals surface area contributed by atoms with Crippen LogP contribution in [0.3, 0.4) is 0 Å². The molecule has 0 unspecified atom stereocenters. The van der Waals surface area contributed by atoms with Gasteiger partial charge in [-0.3, -0.25) is 9.69 Å². The third-order valence-electron chi connectivity index (χ3n) is 4.18. The molecule has 0 radical (unpaired) electrons. The number of hydrogen-bond acceptors (Lipinski definition) is 4. The molecule has 23 heavy (non-hydrogen) atoms. The van der Waals surface area contributed by atoms with E-state index in [9.17, 15) is 4.79 Å². The van der Waals surface area contributed by atoms with Crippen molar-refractivity contribution < 1.29 is 14.3 Å². The molecule has 1 aliphatic rings. The van der Waals surface area contributed by atoms with Gasteiger partial charge in [0, 0.05) is 19.6 Å². The molecule has 0 atom stereocenters. The van der Waals surface area contributed by atoms with Crippen LogP contribution >= 0.6 is 0 Å². The maximum absolute atomic E-state index is 12.0. The molecule has 0 saturated heterocycles. The van der Waals surface area contributed by atoms with E-state index in [1.165, 1.54) is 11.1 Å². The predicted octanol–water partition coefficient (Wildman–Crippen LogP) is 1.88. The topological polar surface area (TPSA) is 50.8 Å². The van der Waals surface area contributed by atoms with Crippen molar-refractivity contribution in [3.63, 3.8) is 0 Å². The van der Waals surface area contributed by atoms with Crippen LogP contribution in [-0.2, 0) is 17.6 Å². The van der Waals surface area contributed by atoms with Gasteiger partial charge in [-0.2, -0.15) is 0 Å². The number of ether oxygens (including phenoxy) is 2. The molecule has 0 aromatic heterocycles. The Morgan fingerprint density at radius 3 is 2.09 bits per heavy atom. The highest BCUT2D eigenvalue weighted by Gasteiger charge is 2.18. The summed E-state index contributed by atoms with van der Waals surface area (Å²) in [5.41, 5.74) is 2.57. The lowest BCUT2D eigenvalue weighted by molar-refractivity contribution is -0.122. The Morgan fingerprint density at radius 1 is 1.13 bits per heavy atom. The molecule has 1 aliphatic heterocycles. The summed E-state index contributed by atoms with van der Waals surface area (Å²) in [6, 6.07) is 4.13. The van der Waals surface area contributed by atoms with Crippen molar-refractivity contribution in [3.05, 3.63) is 23.3 Å².